The van der Waals surface area contributed by atoms with Crippen LogP contribution in [0.4, 0.5) is 0 Å². The minimum atomic E-state index is -0.475. The lowest BCUT2D eigenvalue weighted by atomic mass is 9.77. The van der Waals surface area contributed by atoms with Crippen molar-refractivity contribution < 1.29 is 18.8 Å². The summed E-state index contributed by atoms with van der Waals surface area (Å²) >= 11 is 0. The third-order valence-corrected chi connectivity index (χ3v) is 4.63. The topological polar surface area (TPSA) is 40.2 Å². The first kappa shape index (κ1) is 18.1. The average Bonchev–Trinajstić information content (AvgIpc) is 2.66. The van der Waals surface area contributed by atoms with E-state index >= 15 is 0 Å². The normalized spacial score (nSPS) is 19.3. The van der Waals surface area contributed by atoms with E-state index in [1.807, 2.05) is 53.9 Å². The van der Waals surface area contributed by atoms with Gasteiger partial charge in [-0.15, -0.1) is 0 Å². The molecule has 1 heterocycles. The van der Waals surface area contributed by atoms with Crippen LogP contribution in [0.5, 0.6) is 11.5 Å². The number of methoxy groups -OCH3 is 2. The third kappa shape index (κ3) is 3.49. The van der Waals surface area contributed by atoms with E-state index in [0.29, 0.717) is 0 Å². The van der Waals surface area contributed by atoms with E-state index in [0.717, 1.165) is 29.1 Å². The fraction of sp³-hybridized carbons (Fsp3) is 0.647. The second-order valence-corrected chi connectivity index (χ2v) is 7.23. The summed E-state index contributed by atoms with van der Waals surface area (Å²) in [7, 11) is 6.91. The van der Waals surface area contributed by atoms with Gasteiger partial charge in [0.15, 0.2) is 0 Å². The molecule has 1 aromatic rings. The third-order valence-electron chi connectivity index (χ3n) is 4.63. The summed E-state index contributed by atoms with van der Waals surface area (Å²) < 4.78 is 23.4. The highest BCUT2D eigenvalue weighted by Crippen LogP contribution is 2.38. The molecule has 2 rings (SSSR count). The second-order valence-electron chi connectivity index (χ2n) is 7.23. The summed E-state index contributed by atoms with van der Waals surface area (Å²) in [6.07, 6.45) is 0. The van der Waals surface area contributed by atoms with Crippen LogP contribution < -0.4 is 14.9 Å². The molecule has 23 heavy (non-hydrogen) atoms. The standard InChI is InChI=1S/C17H28BNO4/c1-16(2)17(3,4)23-18(22-16)13-10-14(20-7)12(11-19(5)6)9-15(13)21-8/h9-10H,11H2,1-8H3. The van der Waals surface area contributed by atoms with Crippen molar-refractivity contribution in [2.24, 2.45) is 0 Å². The number of benzene rings is 1. The van der Waals surface area contributed by atoms with Gasteiger partial charge in [-0.2, -0.15) is 0 Å². The lowest BCUT2D eigenvalue weighted by Gasteiger charge is -2.32. The molecule has 128 valence electrons. The number of nitrogens with zero attached hydrogens (tertiary/aromatic N) is 1. The van der Waals surface area contributed by atoms with Crippen LogP contribution in [0.2, 0.25) is 0 Å². The molecule has 1 saturated heterocycles. The van der Waals surface area contributed by atoms with Crippen molar-refractivity contribution in [3.8, 4) is 11.5 Å². The summed E-state index contributed by atoms with van der Waals surface area (Å²) in [5.41, 5.74) is 1.14. The Bertz CT molecular complexity index is 556. The molecule has 0 N–H and O–H groups in total. The van der Waals surface area contributed by atoms with E-state index in [2.05, 4.69) is 4.90 Å². The summed E-state index contributed by atoms with van der Waals surface area (Å²) in [5, 5.41) is 0. The quantitative estimate of drug-likeness (QED) is 0.777. The van der Waals surface area contributed by atoms with Crippen molar-refractivity contribution in [3.05, 3.63) is 17.7 Å². The minimum Gasteiger partial charge on any atom is -0.497 e. The van der Waals surface area contributed by atoms with Crippen LogP contribution in [0.3, 0.4) is 0 Å². The van der Waals surface area contributed by atoms with Gasteiger partial charge in [0.25, 0.3) is 0 Å². The fourth-order valence-electron chi connectivity index (χ4n) is 2.60. The summed E-state index contributed by atoms with van der Waals surface area (Å²) in [4.78, 5) is 2.09. The largest absolute Gasteiger partial charge is 0.498 e. The maximum atomic E-state index is 6.14. The molecule has 0 radical (unpaired) electrons. The van der Waals surface area contributed by atoms with Crippen LogP contribution in [0.25, 0.3) is 0 Å². The number of rotatable bonds is 5. The Morgan fingerprint density at radius 3 is 1.91 bits per heavy atom. The first-order valence-corrected chi connectivity index (χ1v) is 7.86. The van der Waals surface area contributed by atoms with Crippen LogP contribution in [0.15, 0.2) is 12.1 Å². The maximum Gasteiger partial charge on any atom is 0.498 e. The molecule has 0 spiro atoms. The molecule has 5 nitrogen and oxygen atoms in total. The molecule has 0 bridgehead atoms. The van der Waals surface area contributed by atoms with E-state index in [1.165, 1.54) is 0 Å². The summed E-state index contributed by atoms with van der Waals surface area (Å²) in [5.74, 6) is 1.56. The highest BCUT2D eigenvalue weighted by atomic mass is 16.7. The Hall–Kier alpha value is -1.24. The van der Waals surface area contributed by atoms with Crippen LogP contribution in [-0.2, 0) is 15.9 Å². The monoisotopic (exact) mass is 321 g/mol. The van der Waals surface area contributed by atoms with Gasteiger partial charge in [0.2, 0.25) is 0 Å². The molecule has 6 heteroatoms. The Kier molecular flexibility index (Phi) is 4.99. The van der Waals surface area contributed by atoms with Gasteiger partial charge in [-0.25, -0.2) is 0 Å². The molecule has 0 unspecified atom stereocenters. The van der Waals surface area contributed by atoms with Gasteiger partial charge < -0.3 is 23.7 Å². The molecule has 0 aliphatic carbocycles. The molecular weight excluding hydrogens is 293 g/mol. The van der Waals surface area contributed by atoms with Crippen LogP contribution in [-0.4, -0.2) is 51.5 Å². The number of ether oxygens (including phenoxy) is 2. The molecule has 0 aromatic heterocycles. The molecule has 1 aliphatic heterocycles. The Balaban J connectivity index is 2.43. The predicted octanol–water partition coefficient (Wildman–Crippen LogP) is 2.06. The molecule has 1 aliphatic rings. The lowest BCUT2D eigenvalue weighted by Crippen LogP contribution is -2.41. The van der Waals surface area contributed by atoms with Gasteiger partial charge in [0.05, 0.1) is 25.4 Å². The van der Waals surface area contributed by atoms with Crippen molar-refractivity contribution in [3.63, 3.8) is 0 Å². The van der Waals surface area contributed by atoms with Gasteiger partial charge >= 0.3 is 7.12 Å². The Morgan fingerprint density at radius 1 is 0.957 bits per heavy atom. The zero-order chi connectivity index (χ0) is 17.4. The van der Waals surface area contributed by atoms with Gasteiger partial charge in [-0.3, -0.25) is 0 Å². The number of hydrogen-bond acceptors (Lipinski definition) is 5. The minimum absolute atomic E-state index is 0.391. The second kappa shape index (κ2) is 6.34. The maximum absolute atomic E-state index is 6.14. The molecule has 1 aromatic carbocycles. The molecule has 0 amide bonds. The van der Waals surface area contributed by atoms with Crippen molar-refractivity contribution in [2.75, 3.05) is 28.3 Å². The van der Waals surface area contributed by atoms with Gasteiger partial charge in [-0.05, 0) is 53.9 Å². The highest BCUT2D eigenvalue weighted by molar-refractivity contribution is 6.63. The van der Waals surface area contributed by atoms with Crippen LogP contribution >= 0.6 is 0 Å². The SMILES string of the molecule is COc1cc(B2OC(C)(C)C(C)(C)O2)c(OC)cc1CN(C)C. The molecular formula is C17H28BNO4. The highest BCUT2D eigenvalue weighted by Gasteiger charge is 2.52. The Labute approximate surface area is 140 Å². The van der Waals surface area contributed by atoms with Crippen molar-refractivity contribution >= 4 is 12.6 Å². The average molecular weight is 321 g/mol. The van der Waals surface area contributed by atoms with Gasteiger partial charge in [-0.1, -0.05) is 0 Å². The van der Waals surface area contributed by atoms with Crippen molar-refractivity contribution in [1.29, 1.82) is 0 Å². The first-order chi connectivity index (χ1) is 10.6. The van der Waals surface area contributed by atoms with E-state index in [1.54, 1.807) is 14.2 Å². The van der Waals surface area contributed by atoms with E-state index in [4.69, 9.17) is 18.8 Å². The molecule has 0 atom stereocenters. The van der Waals surface area contributed by atoms with Gasteiger partial charge in [0.1, 0.15) is 11.5 Å². The zero-order valence-electron chi connectivity index (χ0n) is 15.5. The van der Waals surface area contributed by atoms with E-state index in [9.17, 15) is 0 Å². The van der Waals surface area contributed by atoms with E-state index < -0.39 is 18.3 Å². The van der Waals surface area contributed by atoms with Crippen molar-refractivity contribution in [2.45, 2.75) is 45.4 Å². The zero-order valence-corrected chi connectivity index (χ0v) is 15.5. The smallest absolute Gasteiger partial charge is 0.497 e. The van der Waals surface area contributed by atoms with Gasteiger partial charge in [0, 0.05) is 17.6 Å². The lowest BCUT2D eigenvalue weighted by molar-refractivity contribution is 0.00578. The van der Waals surface area contributed by atoms with Crippen LogP contribution in [0, 0.1) is 0 Å². The van der Waals surface area contributed by atoms with Crippen molar-refractivity contribution in [1.82, 2.24) is 4.90 Å². The predicted molar refractivity (Wildman–Crippen MR) is 92.7 cm³/mol. The first-order valence-electron chi connectivity index (χ1n) is 7.86. The fourth-order valence-corrected chi connectivity index (χ4v) is 2.60. The Morgan fingerprint density at radius 2 is 1.48 bits per heavy atom. The van der Waals surface area contributed by atoms with E-state index in [-0.39, 0.29) is 0 Å². The number of hydrogen-bond donors (Lipinski definition) is 0. The molecule has 1 fully saturated rings. The van der Waals surface area contributed by atoms with Crippen LogP contribution in [0.1, 0.15) is 33.3 Å². The molecule has 0 saturated carbocycles. The summed E-state index contributed by atoms with van der Waals surface area (Å²) in [6, 6.07) is 3.96. The summed E-state index contributed by atoms with van der Waals surface area (Å²) in [6.45, 7) is 8.92.